The number of ether oxygens (including phenoxy) is 2. The summed E-state index contributed by atoms with van der Waals surface area (Å²) in [5, 5.41) is 9.01. The van der Waals surface area contributed by atoms with Gasteiger partial charge in [0.05, 0.1) is 30.8 Å². The van der Waals surface area contributed by atoms with E-state index in [0.717, 1.165) is 6.42 Å². The number of aliphatic hydroxyl groups is 1. The van der Waals surface area contributed by atoms with E-state index in [9.17, 15) is 4.79 Å². The van der Waals surface area contributed by atoms with Crippen LogP contribution in [0.15, 0.2) is 12.2 Å². The van der Waals surface area contributed by atoms with Crippen molar-refractivity contribution in [2.24, 2.45) is 5.92 Å². The number of hydrogen-bond donors (Lipinski definition) is 1. The molecule has 15 heavy (non-hydrogen) atoms. The molecule has 0 amide bonds. The van der Waals surface area contributed by atoms with E-state index in [4.69, 9.17) is 14.6 Å². The van der Waals surface area contributed by atoms with Gasteiger partial charge >= 0.3 is 5.97 Å². The molecular formula is C11H16O4. The van der Waals surface area contributed by atoms with E-state index in [1.165, 1.54) is 0 Å². The van der Waals surface area contributed by atoms with E-state index >= 15 is 0 Å². The van der Waals surface area contributed by atoms with Gasteiger partial charge in [-0.05, 0) is 13.3 Å². The van der Waals surface area contributed by atoms with Gasteiger partial charge in [-0.25, -0.2) is 0 Å². The number of rotatable bonds is 4. The Labute approximate surface area is 88.9 Å². The number of fused-ring (bicyclic) bond motifs is 2. The molecule has 2 aliphatic heterocycles. The lowest BCUT2D eigenvalue weighted by Gasteiger charge is -2.14. The Morgan fingerprint density at radius 3 is 3.00 bits per heavy atom. The lowest BCUT2D eigenvalue weighted by atomic mass is 9.95. The second-order valence-corrected chi connectivity index (χ2v) is 4.17. The standard InChI is InChI=1S/C11H16O4/c1-7(12)4-5-14-11(13)9-6-8-2-3-10(9)15-8/h2-3,7-10,12H,4-6H2,1H3. The smallest absolute Gasteiger partial charge is 0.312 e. The maximum atomic E-state index is 11.6. The topological polar surface area (TPSA) is 55.8 Å². The molecule has 0 radical (unpaired) electrons. The zero-order chi connectivity index (χ0) is 10.8. The van der Waals surface area contributed by atoms with Crippen LogP contribution < -0.4 is 0 Å². The molecule has 0 spiro atoms. The molecule has 1 fully saturated rings. The van der Waals surface area contributed by atoms with Gasteiger partial charge in [0.25, 0.3) is 0 Å². The average molecular weight is 212 g/mol. The number of carbonyl (C=O) groups is 1. The Morgan fingerprint density at radius 2 is 2.47 bits per heavy atom. The molecule has 0 aromatic carbocycles. The summed E-state index contributed by atoms with van der Waals surface area (Å²) >= 11 is 0. The third-order valence-electron chi connectivity index (χ3n) is 2.81. The van der Waals surface area contributed by atoms with E-state index in [2.05, 4.69) is 0 Å². The van der Waals surface area contributed by atoms with Crippen LogP contribution in [0, 0.1) is 5.92 Å². The molecule has 1 N–H and O–H groups in total. The highest BCUT2D eigenvalue weighted by Crippen LogP contribution is 2.34. The first-order chi connectivity index (χ1) is 7.16. The highest BCUT2D eigenvalue weighted by molar-refractivity contribution is 5.74. The maximum Gasteiger partial charge on any atom is 0.312 e. The van der Waals surface area contributed by atoms with E-state index < -0.39 is 6.10 Å². The van der Waals surface area contributed by atoms with Crippen molar-refractivity contribution < 1.29 is 19.4 Å². The van der Waals surface area contributed by atoms with Crippen LogP contribution in [0.1, 0.15) is 19.8 Å². The van der Waals surface area contributed by atoms with Crippen LogP contribution in [0.25, 0.3) is 0 Å². The Bertz CT molecular complexity index is 272. The van der Waals surface area contributed by atoms with Gasteiger partial charge in [-0.2, -0.15) is 0 Å². The van der Waals surface area contributed by atoms with Crippen molar-refractivity contribution in [3.63, 3.8) is 0 Å². The second-order valence-electron chi connectivity index (χ2n) is 4.17. The molecule has 2 aliphatic rings. The normalized spacial score (nSPS) is 34.4. The number of esters is 1. The minimum absolute atomic E-state index is 0.0888. The minimum Gasteiger partial charge on any atom is -0.465 e. The summed E-state index contributed by atoms with van der Waals surface area (Å²) in [6, 6.07) is 0. The summed E-state index contributed by atoms with van der Waals surface area (Å²) in [5.41, 5.74) is 0. The molecule has 2 heterocycles. The summed E-state index contributed by atoms with van der Waals surface area (Å²) in [5.74, 6) is -0.346. The number of carbonyl (C=O) groups excluding carboxylic acids is 1. The SMILES string of the molecule is CC(O)CCOC(=O)C1CC2C=CC1O2. The molecule has 2 rings (SSSR count). The fraction of sp³-hybridized carbons (Fsp3) is 0.727. The van der Waals surface area contributed by atoms with Crippen LogP contribution in [-0.4, -0.2) is 36.0 Å². The fourth-order valence-electron chi connectivity index (χ4n) is 1.94. The summed E-state index contributed by atoms with van der Waals surface area (Å²) in [6.45, 7) is 1.96. The lowest BCUT2D eigenvalue weighted by Crippen LogP contribution is -2.26. The molecule has 4 atom stereocenters. The van der Waals surface area contributed by atoms with Crippen molar-refractivity contribution in [1.29, 1.82) is 0 Å². The Hall–Kier alpha value is -0.870. The van der Waals surface area contributed by atoms with E-state index in [-0.39, 0.29) is 30.7 Å². The quantitative estimate of drug-likeness (QED) is 0.549. The minimum atomic E-state index is -0.422. The first kappa shape index (κ1) is 10.6. The molecule has 1 saturated heterocycles. The molecule has 0 aliphatic carbocycles. The van der Waals surface area contributed by atoms with Crippen molar-refractivity contribution in [2.45, 2.75) is 38.1 Å². The summed E-state index contributed by atoms with van der Waals surface area (Å²) in [7, 11) is 0. The monoisotopic (exact) mass is 212 g/mol. The Kier molecular flexibility index (Phi) is 3.07. The third-order valence-corrected chi connectivity index (χ3v) is 2.81. The molecule has 4 heteroatoms. The van der Waals surface area contributed by atoms with Gasteiger partial charge in [0.15, 0.2) is 0 Å². The first-order valence-electron chi connectivity index (χ1n) is 5.35. The van der Waals surface area contributed by atoms with Gasteiger partial charge in [0, 0.05) is 6.42 Å². The molecular weight excluding hydrogens is 196 g/mol. The molecule has 84 valence electrons. The zero-order valence-electron chi connectivity index (χ0n) is 8.76. The van der Waals surface area contributed by atoms with Crippen LogP contribution in [0.3, 0.4) is 0 Å². The molecule has 0 aromatic rings. The molecule has 2 bridgehead atoms. The predicted molar refractivity (Wildman–Crippen MR) is 53.2 cm³/mol. The van der Waals surface area contributed by atoms with Crippen molar-refractivity contribution in [1.82, 2.24) is 0 Å². The Morgan fingerprint density at radius 1 is 1.67 bits per heavy atom. The number of aliphatic hydroxyl groups excluding tert-OH is 1. The summed E-state index contributed by atoms with van der Waals surface area (Å²) < 4.78 is 10.5. The Balaban J connectivity index is 1.75. The van der Waals surface area contributed by atoms with E-state index in [1.54, 1.807) is 6.92 Å². The number of hydrogen-bond acceptors (Lipinski definition) is 4. The zero-order valence-corrected chi connectivity index (χ0v) is 8.76. The van der Waals surface area contributed by atoms with Crippen LogP contribution >= 0.6 is 0 Å². The van der Waals surface area contributed by atoms with Crippen LogP contribution in [-0.2, 0) is 14.3 Å². The average Bonchev–Trinajstić information content (AvgIpc) is 2.77. The highest BCUT2D eigenvalue weighted by atomic mass is 16.5. The lowest BCUT2D eigenvalue weighted by molar-refractivity contribution is -0.150. The molecule has 0 saturated carbocycles. The van der Waals surface area contributed by atoms with Crippen molar-refractivity contribution in [2.75, 3.05) is 6.61 Å². The summed E-state index contributed by atoms with van der Waals surface area (Å²) in [4.78, 5) is 11.6. The van der Waals surface area contributed by atoms with Gasteiger partial charge < -0.3 is 14.6 Å². The van der Waals surface area contributed by atoms with Crippen LogP contribution in [0.5, 0.6) is 0 Å². The molecule has 0 aromatic heterocycles. The highest BCUT2D eigenvalue weighted by Gasteiger charge is 2.41. The van der Waals surface area contributed by atoms with Crippen molar-refractivity contribution >= 4 is 5.97 Å². The van der Waals surface area contributed by atoms with Crippen LogP contribution in [0.2, 0.25) is 0 Å². The fourth-order valence-corrected chi connectivity index (χ4v) is 1.94. The van der Waals surface area contributed by atoms with Gasteiger partial charge in [-0.15, -0.1) is 0 Å². The van der Waals surface area contributed by atoms with Gasteiger partial charge in [-0.1, -0.05) is 12.2 Å². The van der Waals surface area contributed by atoms with Crippen molar-refractivity contribution in [3.05, 3.63) is 12.2 Å². The summed E-state index contributed by atoms with van der Waals surface area (Å²) in [6.07, 6.45) is 4.73. The van der Waals surface area contributed by atoms with Crippen molar-refractivity contribution in [3.8, 4) is 0 Å². The van der Waals surface area contributed by atoms with Gasteiger partial charge in [0.2, 0.25) is 0 Å². The van der Waals surface area contributed by atoms with Gasteiger partial charge in [-0.3, -0.25) is 4.79 Å². The van der Waals surface area contributed by atoms with Crippen LogP contribution in [0.4, 0.5) is 0 Å². The largest absolute Gasteiger partial charge is 0.465 e. The third kappa shape index (κ3) is 2.38. The molecule has 4 unspecified atom stereocenters. The maximum absolute atomic E-state index is 11.6. The second kappa shape index (κ2) is 4.33. The first-order valence-corrected chi connectivity index (χ1v) is 5.35. The molecule has 4 nitrogen and oxygen atoms in total. The van der Waals surface area contributed by atoms with Gasteiger partial charge in [0.1, 0.15) is 0 Å². The van der Waals surface area contributed by atoms with E-state index in [1.807, 2.05) is 12.2 Å². The predicted octanol–water partition coefficient (Wildman–Crippen LogP) is 0.644. The van der Waals surface area contributed by atoms with E-state index in [0.29, 0.717) is 6.42 Å².